The molecule has 4 heteroatoms. The van der Waals surface area contributed by atoms with Crippen molar-refractivity contribution in [2.24, 2.45) is 0 Å². The van der Waals surface area contributed by atoms with Crippen molar-refractivity contribution in [3.05, 3.63) is 65.1 Å². The van der Waals surface area contributed by atoms with Crippen LogP contribution in [-0.4, -0.2) is 9.97 Å². The molecule has 0 N–H and O–H groups in total. The number of fused-ring (bicyclic) bond motifs is 1. The molecule has 1 aromatic carbocycles. The molecule has 0 atom stereocenters. The predicted molar refractivity (Wildman–Crippen MR) is 80.1 cm³/mol. The quantitative estimate of drug-likeness (QED) is 0.677. The molecule has 3 rings (SSSR count). The van der Waals surface area contributed by atoms with Crippen LogP contribution in [0, 0.1) is 6.92 Å². The third-order valence-electron chi connectivity index (χ3n) is 3.04. The molecule has 0 bridgehead atoms. The summed E-state index contributed by atoms with van der Waals surface area (Å²) in [5.41, 5.74) is 3.04. The number of para-hydroxylation sites is 1. The fourth-order valence-corrected chi connectivity index (χ4v) is 2.32. The van der Waals surface area contributed by atoms with Crippen molar-refractivity contribution in [2.75, 3.05) is 0 Å². The summed E-state index contributed by atoms with van der Waals surface area (Å²) in [7, 11) is 0. The Bertz CT molecular complexity index is 758. The number of ether oxygens (including phenoxy) is 1. The first kappa shape index (κ1) is 12.9. The Morgan fingerprint density at radius 1 is 1.15 bits per heavy atom. The molecule has 0 unspecified atom stereocenters. The van der Waals surface area contributed by atoms with E-state index < -0.39 is 0 Å². The lowest BCUT2D eigenvalue weighted by molar-refractivity contribution is 0.306. The molecule has 2 aromatic heterocycles. The monoisotopic (exact) mass is 284 g/mol. The van der Waals surface area contributed by atoms with Crippen LogP contribution in [0.3, 0.4) is 0 Å². The molecule has 0 aliphatic carbocycles. The fourth-order valence-electron chi connectivity index (χ4n) is 2.15. The van der Waals surface area contributed by atoms with E-state index in [4.69, 9.17) is 16.3 Å². The van der Waals surface area contributed by atoms with E-state index >= 15 is 0 Å². The number of hydrogen-bond acceptors (Lipinski definition) is 3. The highest BCUT2D eigenvalue weighted by Gasteiger charge is 2.06. The zero-order valence-corrected chi connectivity index (χ0v) is 11.8. The molecule has 100 valence electrons. The molecule has 0 saturated heterocycles. The minimum atomic E-state index is 0.377. The molecule has 0 spiro atoms. The number of nitrogens with zero attached hydrogens (tertiary/aromatic N) is 2. The summed E-state index contributed by atoms with van der Waals surface area (Å²) < 4.78 is 5.76. The van der Waals surface area contributed by atoms with Crippen molar-refractivity contribution in [2.45, 2.75) is 13.5 Å². The van der Waals surface area contributed by atoms with Gasteiger partial charge < -0.3 is 4.74 Å². The van der Waals surface area contributed by atoms with Gasteiger partial charge in [0.05, 0.1) is 5.52 Å². The average Bonchev–Trinajstić information content (AvgIpc) is 2.46. The van der Waals surface area contributed by atoms with Gasteiger partial charge in [0.2, 0.25) is 0 Å². The van der Waals surface area contributed by atoms with Crippen molar-refractivity contribution >= 4 is 22.5 Å². The Morgan fingerprint density at radius 3 is 2.85 bits per heavy atom. The van der Waals surface area contributed by atoms with Gasteiger partial charge in [0.1, 0.15) is 6.61 Å². The number of halogens is 1. The lowest BCUT2D eigenvalue weighted by Gasteiger charge is -2.10. The first-order valence-electron chi connectivity index (χ1n) is 6.32. The van der Waals surface area contributed by atoms with E-state index in [-0.39, 0.29) is 0 Å². The summed E-state index contributed by atoms with van der Waals surface area (Å²) in [4.78, 5) is 8.51. The molecule has 0 fully saturated rings. The molecule has 2 heterocycles. The van der Waals surface area contributed by atoms with Crippen LogP contribution in [0.1, 0.15) is 11.3 Å². The minimum Gasteiger partial charge on any atom is -0.486 e. The summed E-state index contributed by atoms with van der Waals surface area (Å²) >= 11 is 5.99. The smallest absolute Gasteiger partial charge is 0.171 e. The van der Waals surface area contributed by atoms with Crippen LogP contribution in [0.15, 0.2) is 48.7 Å². The maximum absolute atomic E-state index is 5.99. The largest absolute Gasteiger partial charge is 0.486 e. The lowest BCUT2D eigenvalue weighted by atomic mass is 10.1. The van der Waals surface area contributed by atoms with E-state index in [1.165, 1.54) is 0 Å². The van der Waals surface area contributed by atoms with Gasteiger partial charge in [-0.15, -0.1) is 0 Å². The van der Waals surface area contributed by atoms with Gasteiger partial charge in [-0.05, 0) is 31.2 Å². The Labute approximate surface area is 122 Å². The topological polar surface area (TPSA) is 35.0 Å². The highest BCUT2D eigenvalue weighted by molar-refractivity contribution is 6.30. The van der Waals surface area contributed by atoms with Gasteiger partial charge >= 0.3 is 0 Å². The van der Waals surface area contributed by atoms with Gasteiger partial charge in [-0.2, -0.15) is 0 Å². The Morgan fingerprint density at radius 2 is 2.00 bits per heavy atom. The van der Waals surface area contributed by atoms with Crippen LogP contribution < -0.4 is 4.74 Å². The predicted octanol–water partition coefficient (Wildman–Crippen LogP) is 4.17. The second-order valence-corrected chi connectivity index (χ2v) is 4.88. The SMILES string of the molecule is Cc1cc(COc2cccnc2Cl)c2ccccc2n1. The number of benzene rings is 1. The number of hydrogen-bond donors (Lipinski definition) is 0. The number of rotatable bonds is 3. The Kier molecular flexibility index (Phi) is 3.52. The third-order valence-corrected chi connectivity index (χ3v) is 3.32. The van der Waals surface area contributed by atoms with Crippen LogP contribution in [-0.2, 0) is 6.61 Å². The van der Waals surface area contributed by atoms with Crippen molar-refractivity contribution in [1.29, 1.82) is 0 Å². The maximum Gasteiger partial charge on any atom is 0.171 e. The highest BCUT2D eigenvalue weighted by atomic mass is 35.5. The molecule has 20 heavy (non-hydrogen) atoms. The van der Waals surface area contributed by atoms with Gasteiger partial charge in [0.25, 0.3) is 0 Å². The Balaban J connectivity index is 1.93. The molecule has 0 aliphatic rings. The summed E-state index contributed by atoms with van der Waals surface area (Å²) in [5.74, 6) is 0.590. The van der Waals surface area contributed by atoms with Gasteiger partial charge in [0, 0.05) is 22.8 Å². The molecule has 0 amide bonds. The van der Waals surface area contributed by atoms with Gasteiger partial charge in [-0.25, -0.2) is 4.98 Å². The van der Waals surface area contributed by atoms with E-state index in [2.05, 4.69) is 9.97 Å². The lowest BCUT2D eigenvalue weighted by Crippen LogP contribution is -1.99. The first-order chi connectivity index (χ1) is 9.74. The normalized spacial score (nSPS) is 10.7. The van der Waals surface area contributed by atoms with E-state index in [9.17, 15) is 0 Å². The van der Waals surface area contributed by atoms with Crippen LogP contribution in [0.25, 0.3) is 10.9 Å². The highest BCUT2D eigenvalue weighted by Crippen LogP contribution is 2.24. The van der Waals surface area contributed by atoms with E-state index in [1.807, 2.05) is 43.3 Å². The first-order valence-corrected chi connectivity index (χ1v) is 6.70. The molecular formula is C16H13ClN2O. The maximum atomic E-state index is 5.99. The second-order valence-electron chi connectivity index (χ2n) is 4.52. The van der Waals surface area contributed by atoms with Crippen LogP contribution in [0.2, 0.25) is 5.15 Å². The van der Waals surface area contributed by atoms with Gasteiger partial charge in [-0.1, -0.05) is 29.8 Å². The van der Waals surface area contributed by atoms with Crippen molar-refractivity contribution < 1.29 is 4.74 Å². The molecule has 3 aromatic rings. The molecule has 0 saturated carbocycles. The fraction of sp³-hybridized carbons (Fsp3) is 0.125. The summed E-state index contributed by atoms with van der Waals surface area (Å²) in [5, 5.41) is 1.47. The molecule has 3 nitrogen and oxygen atoms in total. The van der Waals surface area contributed by atoms with Crippen molar-refractivity contribution in [3.63, 3.8) is 0 Å². The number of aryl methyl sites for hydroxylation is 1. The second kappa shape index (κ2) is 5.47. The zero-order chi connectivity index (χ0) is 13.9. The summed E-state index contributed by atoms with van der Waals surface area (Å²) in [6, 6.07) is 13.7. The van der Waals surface area contributed by atoms with Crippen LogP contribution in [0.4, 0.5) is 0 Å². The molecular weight excluding hydrogens is 272 g/mol. The number of aromatic nitrogens is 2. The van der Waals surface area contributed by atoms with Crippen LogP contribution >= 0.6 is 11.6 Å². The minimum absolute atomic E-state index is 0.377. The van der Waals surface area contributed by atoms with Crippen molar-refractivity contribution in [3.8, 4) is 5.75 Å². The van der Waals surface area contributed by atoms with Crippen LogP contribution in [0.5, 0.6) is 5.75 Å². The average molecular weight is 285 g/mol. The van der Waals surface area contributed by atoms with E-state index in [1.54, 1.807) is 12.3 Å². The molecule has 0 radical (unpaired) electrons. The zero-order valence-electron chi connectivity index (χ0n) is 11.0. The molecule has 0 aliphatic heterocycles. The van der Waals surface area contributed by atoms with Crippen molar-refractivity contribution in [1.82, 2.24) is 9.97 Å². The van der Waals surface area contributed by atoms with E-state index in [0.717, 1.165) is 22.2 Å². The standard InChI is InChI=1S/C16H13ClN2O/c1-11-9-12(13-5-2-3-6-14(13)19-11)10-20-15-7-4-8-18-16(15)17/h2-9H,10H2,1H3. The number of pyridine rings is 2. The summed E-state index contributed by atoms with van der Waals surface area (Å²) in [6.45, 7) is 2.42. The Hall–Kier alpha value is -2.13. The van der Waals surface area contributed by atoms with E-state index in [0.29, 0.717) is 17.5 Å². The summed E-state index contributed by atoms with van der Waals surface area (Å²) in [6.07, 6.45) is 1.64. The van der Waals surface area contributed by atoms with Gasteiger partial charge in [-0.3, -0.25) is 4.98 Å². The third kappa shape index (κ3) is 2.58. The van der Waals surface area contributed by atoms with Gasteiger partial charge in [0.15, 0.2) is 10.9 Å².